The van der Waals surface area contributed by atoms with Crippen molar-refractivity contribution in [1.29, 1.82) is 5.26 Å². The third-order valence-corrected chi connectivity index (χ3v) is 5.08. The Labute approximate surface area is 139 Å². The lowest BCUT2D eigenvalue weighted by atomic mass is 10.00. The second kappa shape index (κ2) is 7.80. The second-order valence-corrected chi connectivity index (χ2v) is 7.16. The highest BCUT2D eigenvalue weighted by Gasteiger charge is 2.35. The minimum Gasteiger partial charge on any atom is -0.286 e. The summed E-state index contributed by atoms with van der Waals surface area (Å²) in [6, 6.07) is 2.53. The molecule has 0 saturated heterocycles. The summed E-state index contributed by atoms with van der Waals surface area (Å²) in [5.41, 5.74) is -2.47. The third-order valence-electron chi connectivity index (χ3n) is 2.63. The molecule has 0 aromatic heterocycles. The van der Waals surface area contributed by atoms with Gasteiger partial charge < -0.3 is 0 Å². The zero-order valence-electron chi connectivity index (χ0n) is 12.4. The Kier molecular flexibility index (Phi) is 6.35. The van der Waals surface area contributed by atoms with E-state index in [1.807, 2.05) is 13.8 Å². The quantitative estimate of drug-likeness (QED) is 0.355. The molecular weight excluding hydrogens is 344 g/mol. The van der Waals surface area contributed by atoms with Crippen LogP contribution in [0.15, 0.2) is 6.07 Å². The first-order valence-corrected chi connectivity index (χ1v) is 8.41. The Hall–Kier alpha value is -2.32. The van der Waals surface area contributed by atoms with Crippen molar-refractivity contribution in [2.45, 2.75) is 26.0 Å². The van der Waals surface area contributed by atoms with E-state index in [1.54, 1.807) is 6.07 Å². The molecular formula is C12H12N4O5S2. The molecule has 0 aliphatic rings. The van der Waals surface area contributed by atoms with E-state index in [9.17, 15) is 25.0 Å². The molecule has 0 heterocycles. The second-order valence-electron chi connectivity index (χ2n) is 4.58. The van der Waals surface area contributed by atoms with Crippen LogP contribution in [0.1, 0.15) is 35.3 Å². The predicted octanol–water partition coefficient (Wildman–Crippen LogP) is 3.12. The Morgan fingerprint density at radius 3 is 2.39 bits per heavy atom. The van der Waals surface area contributed by atoms with Gasteiger partial charge in [-0.3, -0.25) is 29.7 Å². The lowest BCUT2D eigenvalue weighted by Crippen LogP contribution is -2.19. The molecule has 122 valence electrons. The van der Waals surface area contributed by atoms with Gasteiger partial charge in [-0.05, 0) is 6.92 Å². The van der Waals surface area contributed by atoms with Gasteiger partial charge in [0.15, 0.2) is 5.56 Å². The monoisotopic (exact) mass is 356 g/mol. The van der Waals surface area contributed by atoms with E-state index in [4.69, 9.17) is 5.26 Å². The van der Waals surface area contributed by atoms with Gasteiger partial charge in [0.05, 0.1) is 21.5 Å². The van der Waals surface area contributed by atoms with Crippen LogP contribution in [-0.4, -0.2) is 21.0 Å². The van der Waals surface area contributed by atoms with Gasteiger partial charge in [-0.2, -0.15) is 5.26 Å². The first kappa shape index (κ1) is 18.7. The summed E-state index contributed by atoms with van der Waals surface area (Å²) in [6.45, 7) is 5.02. The number of amides is 1. The van der Waals surface area contributed by atoms with Crippen molar-refractivity contribution < 1.29 is 14.6 Å². The molecule has 0 spiro atoms. The van der Waals surface area contributed by atoms with E-state index < -0.39 is 32.7 Å². The highest BCUT2D eigenvalue weighted by Crippen LogP contribution is 2.35. The van der Waals surface area contributed by atoms with Gasteiger partial charge in [-0.1, -0.05) is 24.6 Å². The fraction of sp³-hybridized carbons (Fsp3) is 0.333. The van der Waals surface area contributed by atoms with E-state index in [-0.39, 0.29) is 16.4 Å². The van der Waals surface area contributed by atoms with Crippen molar-refractivity contribution in [3.05, 3.63) is 43.0 Å². The Morgan fingerprint density at radius 2 is 1.96 bits per heavy atom. The summed E-state index contributed by atoms with van der Waals surface area (Å²) in [5.74, 6) is -0.950. The lowest BCUT2D eigenvalue weighted by Gasteiger charge is -2.09. The van der Waals surface area contributed by atoms with Crippen molar-refractivity contribution in [1.82, 2.24) is 4.72 Å². The highest BCUT2D eigenvalue weighted by molar-refractivity contribution is 8.76. The normalized spacial score (nSPS) is 10.2. The smallest absolute Gasteiger partial charge is 0.286 e. The van der Waals surface area contributed by atoms with E-state index in [2.05, 4.69) is 4.72 Å². The topological polar surface area (TPSA) is 139 Å². The molecule has 1 N–H and O–H groups in total. The molecule has 0 fully saturated rings. The summed E-state index contributed by atoms with van der Waals surface area (Å²) in [6.07, 6.45) is 0. The van der Waals surface area contributed by atoms with Crippen LogP contribution in [0.2, 0.25) is 0 Å². The molecule has 0 saturated carbocycles. The standard InChI is InChI=1S/C12H12N4O5S2/c1-6(2)22-23-14-12(17)10-9(15(18)19)4-8(5-13)7(3)11(10)16(20)21/h4,6H,1-3H3,(H,14,17). The average molecular weight is 356 g/mol. The maximum Gasteiger partial charge on any atom is 0.293 e. The number of nitrogens with one attached hydrogen (secondary N) is 1. The van der Waals surface area contributed by atoms with E-state index in [0.29, 0.717) is 0 Å². The number of hydrogen-bond acceptors (Lipinski definition) is 8. The number of nitro benzene ring substituents is 2. The minimum absolute atomic E-state index is 0.0882. The zero-order valence-corrected chi connectivity index (χ0v) is 14.0. The maximum absolute atomic E-state index is 12.2. The van der Waals surface area contributed by atoms with Gasteiger partial charge in [0.25, 0.3) is 17.3 Å². The Bertz CT molecular complexity index is 714. The SMILES string of the molecule is Cc1c(C#N)cc([N+](=O)[O-])c(C(=O)NSSC(C)C)c1[N+](=O)[O-]. The summed E-state index contributed by atoms with van der Waals surface area (Å²) >= 11 is 0. The number of nitrogens with zero attached hydrogens (tertiary/aromatic N) is 3. The molecule has 0 aliphatic heterocycles. The van der Waals surface area contributed by atoms with E-state index in [1.165, 1.54) is 17.7 Å². The Balaban J connectivity index is 3.46. The molecule has 23 heavy (non-hydrogen) atoms. The van der Waals surface area contributed by atoms with E-state index in [0.717, 1.165) is 17.0 Å². The Morgan fingerprint density at radius 1 is 1.35 bits per heavy atom. The van der Waals surface area contributed by atoms with Crippen LogP contribution < -0.4 is 4.72 Å². The molecule has 9 nitrogen and oxygen atoms in total. The summed E-state index contributed by atoms with van der Waals surface area (Å²) in [5, 5.41) is 31.5. The number of carbonyl (C=O) groups is 1. The van der Waals surface area contributed by atoms with Crippen LogP contribution in [-0.2, 0) is 0 Å². The van der Waals surface area contributed by atoms with Crippen LogP contribution in [0.3, 0.4) is 0 Å². The molecule has 0 radical (unpaired) electrons. The van der Waals surface area contributed by atoms with Crippen LogP contribution in [0.5, 0.6) is 0 Å². The average Bonchev–Trinajstić information content (AvgIpc) is 2.45. The number of carbonyl (C=O) groups excluding carboxylic acids is 1. The molecule has 0 atom stereocenters. The fourth-order valence-electron chi connectivity index (χ4n) is 1.67. The van der Waals surface area contributed by atoms with Gasteiger partial charge in [0, 0.05) is 27.9 Å². The van der Waals surface area contributed by atoms with Crippen molar-refractivity contribution >= 4 is 39.1 Å². The fourth-order valence-corrected chi connectivity index (χ4v) is 3.04. The van der Waals surface area contributed by atoms with Crippen molar-refractivity contribution in [3.8, 4) is 6.07 Å². The highest BCUT2D eigenvalue weighted by atomic mass is 33.1. The number of nitro groups is 2. The molecule has 0 unspecified atom stereocenters. The largest absolute Gasteiger partial charge is 0.293 e. The van der Waals surface area contributed by atoms with Gasteiger partial charge in [0.1, 0.15) is 0 Å². The molecule has 1 aromatic carbocycles. The first-order chi connectivity index (χ1) is 10.7. The molecule has 1 aromatic rings. The first-order valence-electron chi connectivity index (χ1n) is 6.19. The van der Waals surface area contributed by atoms with Gasteiger partial charge in [-0.25, -0.2) is 0 Å². The number of benzene rings is 1. The number of hydrogen-bond donors (Lipinski definition) is 1. The lowest BCUT2D eigenvalue weighted by molar-refractivity contribution is -0.395. The summed E-state index contributed by atoms with van der Waals surface area (Å²) < 4.78 is 2.33. The minimum atomic E-state index is -0.950. The predicted molar refractivity (Wildman–Crippen MR) is 87.0 cm³/mol. The number of rotatable bonds is 6. The summed E-state index contributed by atoms with van der Waals surface area (Å²) in [4.78, 5) is 32.8. The van der Waals surface area contributed by atoms with E-state index >= 15 is 0 Å². The van der Waals surface area contributed by atoms with Gasteiger partial charge in [0.2, 0.25) is 0 Å². The maximum atomic E-state index is 12.2. The molecule has 0 bridgehead atoms. The number of nitriles is 1. The van der Waals surface area contributed by atoms with Crippen LogP contribution in [0.4, 0.5) is 11.4 Å². The van der Waals surface area contributed by atoms with Crippen molar-refractivity contribution in [2.75, 3.05) is 0 Å². The van der Waals surface area contributed by atoms with Crippen LogP contribution in [0, 0.1) is 38.5 Å². The van der Waals surface area contributed by atoms with Gasteiger partial charge >= 0.3 is 0 Å². The van der Waals surface area contributed by atoms with Crippen molar-refractivity contribution in [3.63, 3.8) is 0 Å². The molecule has 1 rings (SSSR count). The zero-order chi connectivity index (χ0) is 17.7. The van der Waals surface area contributed by atoms with Crippen LogP contribution >= 0.6 is 21.8 Å². The molecule has 1 amide bonds. The van der Waals surface area contributed by atoms with Gasteiger partial charge in [-0.15, -0.1) is 0 Å². The van der Waals surface area contributed by atoms with Crippen LogP contribution in [0.25, 0.3) is 0 Å². The molecule has 0 aliphatic carbocycles. The third kappa shape index (κ3) is 4.33. The van der Waals surface area contributed by atoms with Crippen molar-refractivity contribution in [2.24, 2.45) is 0 Å². The molecule has 11 heteroatoms. The summed E-state index contributed by atoms with van der Waals surface area (Å²) in [7, 11) is 2.22.